The monoisotopic (exact) mass is 406 g/mol. The van der Waals surface area contributed by atoms with Gasteiger partial charge in [0.05, 0.1) is 18.0 Å². The summed E-state index contributed by atoms with van der Waals surface area (Å²) in [5.41, 5.74) is -2.22. The zero-order valence-electron chi connectivity index (χ0n) is 15.2. The average molecular weight is 406 g/mol. The van der Waals surface area contributed by atoms with Crippen molar-refractivity contribution in [3.05, 3.63) is 64.1 Å². The van der Waals surface area contributed by atoms with Crippen LogP contribution in [0.2, 0.25) is 0 Å². The van der Waals surface area contributed by atoms with Gasteiger partial charge in [-0.1, -0.05) is 18.2 Å². The van der Waals surface area contributed by atoms with Crippen LogP contribution in [0.15, 0.2) is 47.3 Å². The summed E-state index contributed by atoms with van der Waals surface area (Å²) < 4.78 is 40.7. The number of anilines is 1. The maximum Gasteiger partial charge on any atom is 0.433 e. The zero-order chi connectivity index (χ0) is 21.2. The first-order valence-corrected chi connectivity index (χ1v) is 8.58. The summed E-state index contributed by atoms with van der Waals surface area (Å²) in [6.45, 7) is -0.423. The summed E-state index contributed by atoms with van der Waals surface area (Å²) in [6.07, 6.45) is -4.71. The number of hydrogen-bond donors (Lipinski definition) is 3. The SMILES string of the molecule is CNc1c(C(=O)NCCO)c(=O)n(-c2ccccc2)c2nc(C(F)(F)F)ccc12. The Labute approximate surface area is 162 Å². The summed E-state index contributed by atoms with van der Waals surface area (Å²) in [5, 5.41) is 14.2. The number of aromatic nitrogens is 2. The maximum atomic E-state index is 13.2. The number of nitrogens with one attached hydrogen (secondary N) is 2. The third-order valence-electron chi connectivity index (χ3n) is 4.20. The maximum absolute atomic E-state index is 13.2. The molecule has 3 N–H and O–H groups in total. The van der Waals surface area contributed by atoms with Gasteiger partial charge < -0.3 is 15.7 Å². The molecule has 0 unspecified atom stereocenters. The first kappa shape index (κ1) is 20.3. The van der Waals surface area contributed by atoms with E-state index in [1.54, 1.807) is 18.2 Å². The predicted molar refractivity (Wildman–Crippen MR) is 101 cm³/mol. The minimum absolute atomic E-state index is 0.0499. The van der Waals surface area contributed by atoms with Crippen LogP contribution in [-0.4, -0.2) is 40.8 Å². The molecule has 2 heterocycles. The van der Waals surface area contributed by atoms with Gasteiger partial charge in [-0.05, 0) is 24.3 Å². The lowest BCUT2D eigenvalue weighted by atomic mass is 10.1. The second-order valence-corrected chi connectivity index (χ2v) is 6.02. The number of fused-ring (bicyclic) bond motifs is 1. The van der Waals surface area contributed by atoms with Crippen molar-refractivity contribution >= 4 is 22.6 Å². The number of aliphatic hydroxyl groups excluding tert-OH is 1. The Bertz CT molecular complexity index is 1110. The number of para-hydroxylation sites is 1. The summed E-state index contributed by atoms with van der Waals surface area (Å²) in [6, 6.07) is 9.91. The van der Waals surface area contributed by atoms with Gasteiger partial charge in [0, 0.05) is 19.0 Å². The molecule has 0 saturated carbocycles. The molecule has 0 atom stereocenters. The Balaban J connectivity index is 2.44. The molecule has 0 aliphatic heterocycles. The number of rotatable bonds is 5. The fraction of sp³-hybridized carbons (Fsp3) is 0.211. The van der Waals surface area contributed by atoms with Crippen LogP contribution in [0.4, 0.5) is 18.9 Å². The molecule has 29 heavy (non-hydrogen) atoms. The summed E-state index contributed by atoms with van der Waals surface area (Å²) in [4.78, 5) is 29.5. The number of carbonyl (C=O) groups excluding carboxylic acids is 1. The quantitative estimate of drug-likeness (QED) is 0.604. The molecule has 1 aromatic carbocycles. The van der Waals surface area contributed by atoms with Crippen molar-refractivity contribution in [3.8, 4) is 5.69 Å². The van der Waals surface area contributed by atoms with E-state index in [0.717, 1.165) is 10.6 Å². The predicted octanol–water partition coefficient (Wildman–Crippen LogP) is 2.17. The highest BCUT2D eigenvalue weighted by Gasteiger charge is 2.34. The van der Waals surface area contributed by atoms with Gasteiger partial charge in [-0.2, -0.15) is 13.2 Å². The summed E-state index contributed by atoms with van der Waals surface area (Å²) >= 11 is 0. The van der Waals surface area contributed by atoms with Gasteiger partial charge in [-0.25, -0.2) is 4.98 Å². The van der Waals surface area contributed by atoms with Crippen LogP contribution in [0, 0.1) is 0 Å². The van der Waals surface area contributed by atoms with Gasteiger partial charge in [-0.3, -0.25) is 14.2 Å². The lowest BCUT2D eigenvalue weighted by molar-refractivity contribution is -0.141. The molecular weight excluding hydrogens is 389 g/mol. The van der Waals surface area contributed by atoms with Crippen molar-refractivity contribution in [2.45, 2.75) is 6.18 Å². The molecule has 3 rings (SSSR count). The van der Waals surface area contributed by atoms with Crippen molar-refractivity contribution in [1.82, 2.24) is 14.9 Å². The highest BCUT2D eigenvalue weighted by atomic mass is 19.4. The second kappa shape index (κ2) is 7.92. The molecule has 10 heteroatoms. The third kappa shape index (κ3) is 3.79. The molecule has 1 amide bonds. The Morgan fingerprint density at radius 1 is 1.17 bits per heavy atom. The van der Waals surface area contributed by atoms with E-state index in [-0.39, 0.29) is 41.1 Å². The summed E-state index contributed by atoms with van der Waals surface area (Å²) in [7, 11) is 1.45. The molecule has 0 spiro atoms. The Kier molecular flexibility index (Phi) is 5.55. The van der Waals surface area contributed by atoms with Crippen molar-refractivity contribution in [2.75, 3.05) is 25.5 Å². The highest BCUT2D eigenvalue weighted by molar-refractivity contribution is 6.06. The number of alkyl halides is 3. The molecule has 0 fully saturated rings. The molecule has 152 valence electrons. The first-order chi connectivity index (χ1) is 13.8. The van der Waals surface area contributed by atoms with Crippen LogP contribution in [0.25, 0.3) is 16.7 Å². The fourth-order valence-electron chi connectivity index (χ4n) is 2.97. The molecule has 0 radical (unpaired) electrons. The van der Waals surface area contributed by atoms with Crippen LogP contribution < -0.4 is 16.2 Å². The van der Waals surface area contributed by atoms with E-state index in [1.165, 1.54) is 25.2 Å². The van der Waals surface area contributed by atoms with Crippen molar-refractivity contribution < 1.29 is 23.1 Å². The number of benzene rings is 1. The fourth-order valence-corrected chi connectivity index (χ4v) is 2.97. The van der Waals surface area contributed by atoms with E-state index >= 15 is 0 Å². The van der Waals surface area contributed by atoms with Gasteiger partial charge in [-0.15, -0.1) is 0 Å². The van der Waals surface area contributed by atoms with Crippen LogP contribution in [0.5, 0.6) is 0 Å². The van der Waals surface area contributed by atoms with Crippen molar-refractivity contribution in [2.24, 2.45) is 0 Å². The van der Waals surface area contributed by atoms with Crippen molar-refractivity contribution in [1.29, 1.82) is 0 Å². The minimum Gasteiger partial charge on any atom is -0.395 e. The Morgan fingerprint density at radius 3 is 2.45 bits per heavy atom. The number of amides is 1. The lowest BCUT2D eigenvalue weighted by Crippen LogP contribution is -2.35. The Hall–Kier alpha value is -3.40. The van der Waals surface area contributed by atoms with Crippen LogP contribution >= 0.6 is 0 Å². The van der Waals surface area contributed by atoms with Crippen molar-refractivity contribution in [3.63, 3.8) is 0 Å². The van der Waals surface area contributed by atoms with E-state index in [4.69, 9.17) is 5.11 Å². The Morgan fingerprint density at radius 2 is 1.86 bits per heavy atom. The van der Waals surface area contributed by atoms with Gasteiger partial charge in [0.1, 0.15) is 16.9 Å². The number of hydrogen-bond acceptors (Lipinski definition) is 5. The second-order valence-electron chi connectivity index (χ2n) is 6.02. The topological polar surface area (TPSA) is 96.3 Å². The largest absolute Gasteiger partial charge is 0.433 e. The average Bonchev–Trinajstić information content (AvgIpc) is 2.70. The zero-order valence-corrected chi connectivity index (χ0v) is 15.2. The number of halogens is 3. The standard InChI is InChI=1S/C19H17F3N4O3/c1-23-15-12-7-8-13(19(20,21)22)25-16(12)26(11-5-3-2-4-6-11)18(29)14(15)17(28)24-9-10-27/h2-8,23,27H,9-10H2,1H3,(H,24,28). The smallest absolute Gasteiger partial charge is 0.395 e. The molecule has 2 aromatic heterocycles. The molecular formula is C19H17F3N4O3. The first-order valence-electron chi connectivity index (χ1n) is 8.58. The van der Waals surface area contributed by atoms with E-state index in [2.05, 4.69) is 15.6 Å². The van der Waals surface area contributed by atoms with Gasteiger partial charge in [0.15, 0.2) is 0 Å². The molecule has 0 aliphatic carbocycles. The van der Waals surface area contributed by atoms with E-state index < -0.39 is 23.3 Å². The van der Waals surface area contributed by atoms with Gasteiger partial charge in [0.25, 0.3) is 11.5 Å². The van der Waals surface area contributed by atoms with Crippen LogP contribution in [0.1, 0.15) is 16.1 Å². The number of nitrogens with zero attached hydrogens (tertiary/aromatic N) is 2. The minimum atomic E-state index is -4.71. The molecule has 0 bridgehead atoms. The molecule has 0 saturated heterocycles. The van der Waals surface area contributed by atoms with E-state index in [9.17, 15) is 22.8 Å². The lowest BCUT2D eigenvalue weighted by Gasteiger charge is -2.18. The summed E-state index contributed by atoms with van der Waals surface area (Å²) in [5.74, 6) is -0.764. The molecule has 0 aliphatic rings. The normalized spacial score (nSPS) is 11.5. The van der Waals surface area contributed by atoms with E-state index in [1.807, 2.05) is 0 Å². The van der Waals surface area contributed by atoms with Crippen LogP contribution in [-0.2, 0) is 6.18 Å². The number of aliphatic hydroxyl groups is 1. The third-order valence-corrected chi connectivity index (χ3v) is 4.20. The highest BCUT2D eigenvalue weighted by Crippen LogP contribution is 2.32. The number of carbonyl (C=O) groups is 1. The molecule has 3 aromatic rings. The van der Waals surface area contributed by atoms with E-state index in [0.29, 0.717) is 0 Å². The van der Waals surface area contributed by atoms with Gasteiger partial charge >= 0.3 is 6.18 Å². The molecule has 7 nitrogen and oxygen atoms in total. The van der Waals surface area contributed by atoms with Crippen LogP contribution in [0.3, 0.4) is 0 Å². The van der Waals surface area contributed by atoms with Gasteiger partial charge in [0.2, 0.25) is 0 Å². The number of pyridine rings is 2.